The lowest BCUT2D eigenvalue weighted by molar-refractivity contribution is -0.126. The molecule has 20 heavy (non-hydrogen) atoms. The van der Waals surface area contributed by atoms with Gasteiger partial charge in [0.25, 0.3) is 0 Å². The molecule has 1 fully saturated rings. The van der Waals surface area contributed by atoms with Gasteiger partial charge in [-0.15, -0.1) is 0 Å². The highest BCUT2D eigenvalue weighted by Gasteiger charge is 2.42. The van der Waals surface area contributed by atoms with Crippen molar-refractivity contribution in [3.05, 3.63) is 5.82 Å². The molecule has 0 aromatic carbocycles. The molecular formula is C13H22N4OS2. The molecule has 0 aliphatic heterocycles. The van der Waals surface area contributed by atoms with Crippen LogP contribution in [0.3, 0.4) is 0 Å². The average molecular weight is 314 g/mol. The monoisotopic (exact) mass is 314 g/mol. The van der Waals surface area contributed by atoms with E-state index in [1.54, 1.807) is 11.8 Å². The summed E-state index contributed by atoms with van der Waals surface area (Å²) in [5.41, 5.74) is 5.11. The van der Waals surface area contributed by atoms with Crippen LogP contribution in [-0.4, -0.2) is 32.1 Å². The van der Waals surface area contributed by atoms with E-state index in [1.807, 2.05) is 6.92 Å². The maximum Gasteiger partial charge on any atom is 0.237 e. The van der Waals surface area contributed by atoms with Gasteiger partial charge in [-0.1, -0.05) is 11.8 Å². The number of primary amides is 1. The number of amides is 1. The van der Waals surface area contributed by atoms with Gasteiger partial charge in [0, 0.05) is 11.3 Å². The summed E-state index contributed by atoms with van der Waals surface area (Å²) in [6.07, 6.45) is 3.70. The van der Waals surface area contributed by atoms with Gasteiger partial charge in [0.15, 0.2) is 4.34 Å². The first-order valence-electron chi connectivity index (χ1n) is 6.96. The van der Waals surface area contributed by atoms with Gasteiger partial charge in [-0.25, -0.2) is 4.98 Å². The average Bonchev–Trinajstić information content (AvgIpc) is 2.74. The van der Waals surface area contributed by atoms with Gasteiger partial charge in [0.1, 0.15) is 5.82 Å². The summed E-state index contributed by atoms with van der Waals surface area (Å²) < 4.78 is 5.19. The third-order valence-corrected chi connectivity index (χ3v) is 5.66. The minimum Gasteiger partial charge on any atom is -0.368 e. The Bertz CT molecular complexity index is 477. The van der Waals surface area contributed by atoms with Crippen molar-refractivity contribution >= 4 is 29.2 Å². The van der Waals surface area contributed by atoms with Crippen molar-refractivity contribution in [2.75, 3.05) is 0 Å². The normalized spacial score (nSPS) is 26.9. The van der Waals surface area contributed by atoms with Crippen molar-refractivity contribution in [3.8, 4) is 0 Å². The SMILES string of the molecule is Cc1nsc(SC2CCCC(NC(C)C)(C(N)=O)C2)n1. The number of rotatable bonds is 5. The zero-order chi connectivity index (χ0) is 14.8. The molecule has 5 nitrogen and oxygen atoms in total. The molecule has 1 saturated carbocycles. The number of hydrogen-bond acceptors (Lipinski definition) is 6. The molecule has 0 radical (unpaired) electrons. The molecule has 1 aromatic rings. The number of nitrogens with zero attached hydrogens (tertiary/aromatic N) is 2. The number of thioether (sulfide) groups is 1. The maximum atomic E-state index is 11.9. The predicted molar refractivity (Wildman–Crippen MR) is 83.0 cm³/mol. The largest absolute Gasteiger partial charge is 0.368 e. The standard InChI is InChI=1S/C13H22N4OS2/c1-8(2)16-13(11(14)18)6-4-5-10(7-13)19-12-15-9(3)17-20-12/h8,10,16H,4-7H2,1-3H3,(H2,14,18). The summed E-state index contributed by atoms with van der Waals surface area (Å²) >= 11 is 3.16. The highest BCUT2D eigenvalue weighted by Crippen LogP contribution is 2.39. The molecule has 1 aliphatic rings. The zero-order valence-electron chi connectivity index (χ0n) is 12.2. The van der Waals surface area contributed by atoms with E-state index in [9.17, 15) is 4.79 Å². The Morgan fingerprint density at radius 1 is 1.60 bits per heavy atom. The summed E-state index contributed by atoms with van der Waals surface area (Å²) in [5.74, 6) is 0.583. The van der Waals surface area contributed by atoms with Crippen LogP contribution in [0.1, 0.15) is 45.4 Å². The van der Waals surface area contributed by atoms with Crippen molar-refractivity contribution in [2.45, 2.75) is 67.6 Å². The Hall–Kier alpha value is -0.660. The van der Waals surface area contributed by atoms with E-state index in [0.717, 1.165) is 35.8 Å². The van der Waals surface area contributed by atoms with Crippen molar-refractivity contribution in [2.24, 2.45) is 5.73 Å². The van der Waals surface area contributed by atoms with E-state index in [1.165, 1.54) is 11.5 Å². The Balaban J connectivity index is 2.07. The van der Waals surface area contributed by atoms with Crippen molar-refractivity contribution < 1.29 is 4.79 Å². The first-order valence-corrected chi connectivity index (χ1v) is 8.61. The minimum absolute atomic E-state index is 0.232. The minimum atomic E-state index is -0.566. The number of carbonyl (C=O) groups excluding carboxylic acids is 1. The molecule has 2 rings (SSSR count). The lowest BCUT2D eigenvalue weighted by Crippen LogP contribution is -2.60. The van der Waals surface area contributed by atoms with Gasteiger partial charge >= 0.3 is 0 Å². The molecule has 1 heterocycles. The van der Waals surface area contributed by atoms with Gasteiger partial charge in [0.2, 0.25) is 5.91 Å². The second kappa shape index (κ2) is 6.41. The highest BCUT2D eigenvalue weighted by atomic mass is 32.2. The molecule has 0 bridgehead atoms. The van der Waals surface area contributed by atoms with Crippen LogP contribution >= 0.6 is 23.3 Å². The second-order valence-electron chi connectivity index (χ2n) is 5.69. The van der Waals surface area contributed by atoms with Crippen molar-refractivity contribution in [3.63, 3.8) is 0 Å². The van der Waals surface area contributed by atoms with Crippen LogP contribution in [0.5, 0.6) is 0 Å². The molecule has 112 valence electrons. The lowest BCUT2D eigenvalue weighted by Gasteiger charge is -2.40. The van der Waals surface area contributed by atoms with E-state index in [-0.39, 0.29) is 11.9 Å². The van der Waals surface area contributed by atoms with Gasteiger partial charge in [-0.2, -0.15) is 4.37 Å². The van der Waals surface area contributed by atoms with Crippen LogP contribution in [0.15, 0.2) is 4.34 Å². The molecule has 2 atom stereocenters. The molecule has 7 heteroatoms. The predicted octanol–water partition coefficient (Wildman–Crippen LogP) is 2.10. The summed E-state index contributed by atoms with van der Waals surface area (Å²) in [6, 6.07) is 0.245. The number of hydrogen-bond donors (Lipinski definition) is 2. The lowest BCUT2D eigenvalue weighted by atomic mass is 9.80. The molecule has 3 N–H and O–H groups in total. The number of nitrogens with two attached hydrogens (primary N) is 1. The summed E-state index contributed by atoms with van der Waals surface area (Å²) in [7, 11) is 0. The first kappa shape index (κ1) is 15.7. The Morgan fingerprint density at radius 3 is 2.90 bits per heavy atom. The van der Waals surface area contributed by atoms with Crippen LogP contribution in [0, 0.1) is 6.92 Å². The highest BCUT2D eigenvalue weighted by molar-refractivity contribution is 8.01. The van der Waals surface area contributed by atoms with Crippen LogP contribution in [0.2, 0.25) is 0 Å². The summed E-state index contributed by atoms with van der Waals surface area (Å²) in [5, 5.41) is 3.77. The number of carbonyl (C=O) groups is 1. The van der Waals surface area contributed by atoms with Gasteiger partial charge in [-0.3, -0.25) is 4.79 Å². The number of nitrogens with one attached hydrogen (secondary N) is 1. The zero-order valence-corrected chi connectivity index (χ0v) is 13.8. The van der Waals surface area contributed by atoms with Crippen LogP contribution < -0.4 is 11.1 Å². The van der Waals surface area contributed by atoms with Gasteiger partial charge in [-0.05, 0) is 58.0 Å². The number of aryl methyl sites for hydroxylation is 1. The summed E-state index contributed by atoms with van der Waals surface area (Å²) in [6.45, 7) is 6.00. The first-order chi connectivity index (χ1) is 9.41. The van der Waals surface area contributed by atoms with Crippen LogP contribution in [0.4, 0.5) is 0 Å². The fraction of sp³-hybridized carbons (Fsp3) is 0.769. The van der Waals surface area contributed by atoms with E-state index in [0.29, 0.717) is 5.25 Å². The Morgan fingerprint density at radius 2 is 2.35 bits per heavy atom. The number of aromatic nitrogens is 2. The molecule has 1 amide bonds. The maximum absolute atomic E-state index is 11.9. The fourth-order valence-corrected chi connectivity index (χ4v) is 5.01. The third-order valence-electron chi connectivity index (χ3n) is 3.52. The van der Waals surface area contributed by atoms with Crippen molar-refractivity contribution in [1.82, 2.24) is 14.7 Å². The topological polar surface area (TPSA) is 80.9 Å². The fourth-order valence-electron chi connectivity index (χ4n) is 2.77. The van der Waals surface area contributed by atoms with E-state index < -0.39 is 5.54 Å². The Kier molecular flexibility index (Phi) is 5.04. The third kappa shape index (κ3) is 3.71. The molecule has 1 aromatic heterocycles. The molecule has 0 spiro atoms. The summed E-state index contributed by atoms with van der Waals surface area (Å²) in [4.78, 5) is 16.3. The molecular weight excluding hydrogens is 292 g/mol. The van der Waals surface area contributed by atoms with Gasteiger partial charge in [0.05, 0.1) is 5.54 Å². The second-order valence-corrected chi connectivity index (χ2v) is 7.99. The molecule has 1 aliphatic carbocycles. The quantitative estimate of drug-likeness (QED) is 0.870. The van der Waals surface area contributed by atoms with E-state index >= 15 is 0 Å². The van der Waals surface area contributed by atoms with E-state index in [4.69, 9.17) is 5.73 Å². The van der Waals surface area contributed by atoms with E-state index in [2.05, 4.69) is 28.5 Å². The Labute approximate surface area is 128 Å². The van der Waals surface area contributed by atoms with Crippen LogP contribution in [-0.2, 0) is 4.79 Å². The van der Waals surface area contributed by atoms with Crippen molar-refractivity contribution in [1.29, 1.82) is 0 Å². The molecule has 2 unspecified atom stereocenters. The van der Waals surface area contributed by atoms with Gasteiger partial charge < -0.3 is 11.1 Å². The molecule has 0 saturated heterocycles. The van der Waals surface area contributed by atoms with Crippen LogP contribution in [0.25, 0.3) is 0 Å². The smallest absolute Gasteiger partial charge is 0.237 e.